The lowest BCUT2D eigenvalue weighted by atomic mass is 11.7. The van der Waals surface area contributed by atoms with Gasteiger partial charge in [-0.1, -0.05) is 0 Å². The van der Waals surface area contributed by atoms with Crippen LogP contribution in [0.5, 0.6) is 0 Å². The quantitative estimate of drug-likeness (QED) is 0.297. The summed E-state index contributed by atoms with van der Waals surface area (Å²) in [5, 5.41) is 14.0. The Balaban J connectivity index is -0.0000000156. The van der Waals surface area contributed by atoms with E-state index in [4.69, 9.17) is 29.7 Å². The molecule has 0 aliphatic heterocycles. The number of carbonyl (C=O) groups excluding carboxylic acids is 4. The Morgan fingerprint density at radius 3 is 1.17 bits per heavy atom. The first-order valence-electron chi connectivity index (χ1n) is 1.72. The molecule has 0 aliphatic carbocycles. The van der Waals surface area contributed by atoms with Crippen LogP contribution in [0.15, 0.2) is 0 Å². The lowest BCUT2D eigenvalue weighted by molar-refractivity contribution is -0.217. The van der Waals surface area contributed by atoms with Gasteiger partial charge in [-0.25, -0.2) is 10.5 Å². The second kappa shape index (κ2) is 60.4. The van der Waals surface area contributed by atoms with Crippen molar-refractivity contribution in [1.82, 2.24) is 0 Å². The van der Waals surface area contributed by atoms with Crippen LogP contribution in [0.1, 0.15) is 2.85 Å². The predicted octanol–water partition coefficient (Wildman–Crippen LogP) is -1.65. The molecular weight excluding hydrogens is 180 g/mol. The fourth-order valence-electron chi connectivity index (χ4n) is 0. The van der Waals surface area contributed by atoms with Gasteiger partial charge in [-0.2, -0.15) is 9.59 Å². The molecule has 12 heavy (non-hydrogen) atoms. The van der Waals surface area contributed by atoms with Gasteiger partial charge >= 0.3 is 19.1 Å². The molecule has 0 aromatic rings. The van der Waals surface area contributed by atoms with Crippen molar-refractivity contribution in [2.24, 2.45) is 0 Å². The molecule has 9 heteroatoms. The smallest absolute Gasteiger partial charge is 0.373 e. The highest BCUT2D eigenvalue weighted by atomic mass is 17.1. The van der Waals surface area contributed by atoms with Crippen molar-refractivity contribution in [3.05, 3.63) is 0 Å². The van der Waals surface area contributed by atoms with E-state index in [1.807, 2.05) is 0 Å². The molecular formula is C3H10O9. The molecule has 4 N–H and O–H groups in total. The molecule has 0 radical (unpaired) electrons. The van der Waals surface area contributed by atoms with E-state index in [1.165, 1.54) is 0 Å². The third kappa shape index (κ3) is 10600. The monoisotopic (exact) mass is 190 g/mol. The van der Waals surface area contributed by atoms with Crippen molar-refractivity contribution < 1.29 is 47.8 Å². The van der Waals surface area contributed by atoms with Gasteiger partial charge in [0.25, 0.3) is 0 Å². The fourth-order valence-corrected chi connectivity index (χ4v) is 0. The van der Waals surface area contributed by atoms with Gasteiger partial charge in [0.1, 0.15) is 0 Å². The average molecular weight is 190 g/mol. The van der Waals surface area contributed by atoms with Crippen LogP contribution in [0.4, 0.5) is 0 Å². The number of carbonyl (C=O) groups is 2. The second-order valence-corrected chi connectivity index (χ2v) is 0.487. The van der Waals surface area contributed by atoms with E-state index in [2.05, 4.69) is 9.78 Å². The number of hydrogen-bond donors (Lipinski definition) is 2. The summed E-state index contributed by atoms with van der Waals surface area (Å²) in [4.78, 5) is 39.4. The number of rotatable bonds is 2. The van der Waals surface area contributed by atoms with E-state index < -0.39 is 0 Å². The minimum atomic E-state index is -0.0694. The summed E-state index contributed by atoms with van der Waals surface area (Å²) >= 11 is 0. The van der Waals surface area contributed by atoms with Crippen molar-refractivity contribution in [3.63, 3.8) is 0 Å². The highest BCUT2D eigenvalue weighted by molar-refractivity contribution is 5.35. The van der Waals surface area contributed by atoms with Crippen molar-refractivity contribution in [2.45, 2.75) is 0 Å². The second-order valence-electron chi connectivity index (χ2n) is 0.487. The predicted molar refractivity (Wildman–Crippen MR) is 32.4 cm³/mol. The molecule has 0 atom stereocenters. The van der Waals surface area contributed by atoms with Gasteiger partial charge in [0.05, 0.1) is 0 Å². The van der Waals surface area contributed by atoms with Crippen molar-refractivity contribution >= 4 is 19.1 Å². The van der Waals surface area contributed by atoms with Gasteiger partial charge in [-0.05, 0) is 0 Å². The molecule has 0 rings (SSSR count). The lowest BCUT2D eigenvalue weighted by Crippen LogP contribution is -1.69. The van der Waals surface area contributed by atoms with Gasteiger partial charge in [-0.15, -0.1) is 0 Å². The summed E-state index contributed by atoms with van der Waals surface area (Å²) in [5.74, 6) is 0. The topological polar surface area (TPSA) is 159 Å². The van der Waals surface area contributed by atoms with Crippen LogP contribution in [0, 0.1) is 0 Å². The van der Waals surface area contributed by atoms with Crippen LogP contribution in [-0.4, -0.2) is 35.1 Å². The molecule has 76 valence electrons. The molecule has 9 nitrogen and oxygen atoms in total. The van der Waals surface area contributed by atoms with E-state index in [0.29, 0.717) is 0 Å². The highest BCUT2D eigenvalue weighted by Crippen LogP contribution is 1.34. The Kier molecular flexibility index (Phi) is 113. The zero-order valence-electron chi connectivity index (χ0n) is 5.50. The van der Waals surface area contributed by atoms with Gasteiger partial charge in [0.2, 0.25) is 0 Å². The van der Waals surface area contributed by atoms with E-state index in [-0.39, 0.29) is 27.4 Å². The summed E-state index contributed by atoms with van der Waals surface area (Å²) in [7, 11) is 0. The van der Waals surface area contributed by atoms with Crippen molar-refractivity contribution in [3.8, 4) is 0 Å². The summed E-state index contributed by atoms with van der Waals surface area (Å²) in [5.41, 5.74) is 0. The molecule has 0 amide bonds. The minimum Gasteiger partial charge on any atom is -0.412 e. The average Bonchev–Trinajstić information content (AvgIpc) is 2.06. The van der Waals surface area contributed by atoms with Crippen LogP contribution in [0.25, 0.3) is 0 Å². The van der Waals surface area contributed by atoms with Crippen LogP contribution in [0.3, 0.4) is 0 Å². The van der Waals surface area contributed by atoms with E-state index in [1.54, 1.807) is 0 Å². The molecule has 0 aliphatic rings. The molecule has 0 saturated carbocycles. The van der Waals surface area contributed by atoms with Crippen molar-refractivity contribution in [2.75, 3.05) is 0 Å². The van der Waals surface area contributed by atoms with Crippen LogP contribution < -0.4 is 0 Å². The Labute approximate surface area is 68.3 Å². The SMILES string of the molecule is O.O=C=O.O=COO.O=COO.[HH].[HH]. The molecule has 0 aromatic heterocycles. The summed E-state index contributed by atoms with van der Waals surface area (Å²) < 4.78 is 0. The van der Waals surface area contributed by atoms with Gasteiger partial charge < -0.3 is 15.3 Å². The Bertz CT molecular complexity index is 103. The first-order valence-corrected chi connectivity index (χ1v) is 1.72. The molecule has 0 bridgehead atoms. The van der Waals surface area contributed by atoms with Gasteiger partial charge in [-0.3, -0.25) is 9.59 Å². The molecule has 0 spiro atoms. The standard InChI is InChI=1S/2CH2O3.CO2.H2O.2H2/c2*2-1-4-3;2-1-3;;;/h2*1,3H;;1H2;2*1H. The van der Waals surface area contributed by atoms with Crippen LogP contribution in [-0.2, 0) is 29.0 Å². The highest BCUT2D eigenvalue weighted by Gasteiger charge is 1.47. The molecule has 0 fully saturated rings. The van der Waals surface area contributed by atoms with Crippen LogP contribution in [0.2, 0.25) is 0 Å². The maximum Gasteiger partial charge on any atom is 0.373 e. The first-order chi connectivity index (χ1) is 5.24. The maximum absolute atomic E-state index is 8.70. The largest absolute Gasteiger partial charge is 0.412 e. The zero-order valence-corrected chi connectivity index (χ0v) is 5.50. The molecule has 0 heterocycles. The minimum absolute atomic E-state index is 0. The zero-order chi connectivity index (χ0) is 9.54. The normalized spacial score (nSPS) is 4.17. The van der Waals surface area contributed by atoms with Crippen molar-refractivity contribution in [1.29, 1.82) is 0 Å². The Hall–Kier alpha value is -1.80. The van der Waals surface area contributed by atoms with E-state index in [9.17, 15) is 0 Å². The molecule has 0 saturated heterocycles. The third-order valence-corrected chi connectivity index (χ3v) is 0.0861. The summed E-state index contributed by atoms with van der Waals surface area (Å²) in [6, 6.07) is 0. The third-order valence-electron chi connectivity index (χ3n) is 0.0861. The molecule has 0 unspecified atom stereocenters. The lowest BCUT2D eigenvalue weighted by Gasteiger charge is -1.63. The van der Waals surface area contributed by atoms with E-state index >= 15 is 0 Å². The maximum atomic E-state index is 8.70. The Morgan fingerprint density at radius 1 is 1.08 bits per heavy atom. The van der Waals surface area contributed by atoms with Gasteiger partial charge in [0.15, 0.2) is 0 Å². The number of hydrogen-bond acceptors (Lipinski definition) is 8. The first kappa shape index (κ1) is 22.5. The van der Waals surface area contributed by atoms with E-state index in [0.717, 1.165) is 0 Å². The fraction of sp³-hybridized carbons (Fsp3) is 0. The summed E-state index contributed by atoms with van der Waals surface area (Å²) in [6.07, 6.45) is 0.250. The van der Waals surface area contributed by atoms with Gasteiger partial charge in [0, 0.05) is 2.85 Å². The molecule has 0 aromatic carbocycles. The summed E-state index contributed by atoms with van der Waals surface area (Å²) in [6.45, 7) is -0.139. The Morgan fingerprint density at radius 2 is 1.17 bits per heavy atom. The van der Waals surface area contributed by atoms with Crippen LogP contribution >= 0.6 is 0 Å².